The molecule has 0 amide bonds. The van der Waals surface area contributed by atoms with Crippen molar-refractivity contribution in [2.75, 3.05) is 6.54 Å². The van der Waals surface area contributed by atoms with Crippen molar-refractivity contribution >= 4 is 0 Å². The molecule has 0 aromatic carbocycles. The maximum absolute atomic E-state index is 9.92. The first-order chi connectivity index (χ1) is 8.20. The SMILES string of the molecule is Cc1nn(C)c(C)c1CNCC(O)CC(C)(C)C. The molecule has 0 saturated carbocycles. The number of aryl methyl sites for hydroxylation is 2. The van der Waals surface area contributed by atoms with E-state index in [0.29, 0.717) is 6.54 Å². The Balaban J connectivity index is 2.42. The van der Waals surface area contributed by atoms with E-state index in [1.165, 1.54) is 11.3 Å². The Bertz CT molecular complexity index is 390. The number of hydrogen-bond acceptors (Lipinski definition) is 3. The highest BCUT2D eigenvalue weighted by Crippen LogP contribution is 2.20. The molecule has 4 nitrogen and oxygen atoms in total. The van der Waals surface area contributed by atoms with Crippen molar-refractivity contribution in [2.24, 2.45) is 12.5 Å². The van der Waals surface area contributed by atoms with Gasteiger partial charge >= 0.3 is 0 Å². The van der Waals surface area contributed by atoms with Crippen molar-refractivity contribution in [3.8, 4) is 0 Å². The van der Waals surface area contributed by atoms with E-state index in [4.69, 9.17) is 0 Å². The summed E-state index contributed by atoms with van der Waals surface area (Å²) in [6.07, 6.45) is 0.521. The van der Waals surface area contributed by atoms with Gasteiger partial charge in [-0.2, -0.15) is 5.10 Å². The first-order valence-electron chi connectivity index (χ1n) is 6.58. The molecule has 0 aliphatic rings. The predicted molar refractivity (Wildman–Crippen MR) is 74.5 cm³/mol. The topological polar surface area (TPSA) is 50.1 Å². The molecular weight excluding hydrogens is 226 g/mol. The van der Waals surface area contributed by atoms with Gasteiger partial charge in [-0.15, -0.1) is 0 Å². The molecule has 18 heavy (non-hydrogen) atoms. The minimum Gasteiger partial charge on any atom is -0.392 e. The number of aliphatic hydroxyl groups excluding tert-OH is 1. The zero-order valence-corrected chi connectivity index (χ0v) is 12.5. The molecule has 1 aromatic rings. The van der Waals surface area contributed by atoms with Crippen molar-refractivity contribution < 1.29 is 5.11 Å². The first kappa shape index (κ1) is 15.2. The summed E-state index contributed by atoms with van der Waals surface area (Å²) in [4.78, 5) is 0. The fourth-order valence-corrected chi connectivity index (χ4v) is 2.22. The Morgan fingerprint density at radius 1 is 1.33 bits per heavy atom. The summed E-state index contributed by atoms with van der Waals surface area (Å²) in [5.74, 6) is 0. The summed E-state index contributed by atoms with van der Waals surface area (Å²) < 4.78 is 1.90. The van der Waals surface area contributed by atoms with E-state index in [1.807, 2.05) is 18.7 Å². The number of hydrogen-bond donors (Lipinski definition) is 2. The van der Waals surface area contributed by atoms with Gasteiger partial charge in [0.15, 0.2) is 0 Å². The van der Waals surface area contributed by atoms with Gasteiger partial charge in [0.1, 0.15) is 0 Å². The molecule has 0 aliphatic carbocycles. The second-order valence-electron chi connectivity index (χ2n) is 6.32. The lowest BCUT2D eigenvalue weighted by atomic mass is 9.89. The number of nitrogens with zero attached hydrogens (tertiary/aromatic N) is 2. The predicted octanol–water partition coefficient (Wildman–Crippen LogP) is 1.92. The molecule has 2 N–H and O–H groups in total. The summed E-state index contributed by atoms with van der Waals surface area (Å²) in [5, 5.41) is 17.6. The van der Waals surface area contributed by atoms with Gasteiger partial charge in [0, 0.05) is 31.4 Å². The third-order valence-corrected chi connectivity index (χ3v) is 3.19. The maximum atomic E-state index is 9.92. The molecule has 1 unspecified atom stereocenters. The van der Waals surface area contributed by atoms with Crippen LogP contribution in [0.4, 0.5) is 0 Å². The normalized spacial score (nSPS) is 13.9. The molecule has 0 fully saturated rings. The Morgan fingerprint density at radius 3 is 2.39 bits per heavy atom. The average Bonchev–Trinajstić information content (AvgIpc) is 2.41. The monoisotopic (exact) mass is 253 g/mol. The Labute approximate surface area is 110 Å². The fourth-order valence-electron chi connectivity index (χ4n) is 2.22. The van der Waals surface area contributed by atoms with Crippen LogP contribution in [-0.2, 0) is 13.6 Å². The molecule has 0 spiro atoms. The summed E-state index contributed by atoms with van der Waals surface area (Å²) in [6.45, 7) is 11.9. The van der Waals surface area contributed by atoms with Crippen LogP contribution in [0.1, 0.15) is 44.1 Å². The highest BCUT2D eigenvalue weighted by molar-refractivity contribution is 5.23. The molecule has 1 rings (SSSR count). The number of aromatic nitrogens is 2. The van der Waals surface area contributed by atoms with Gasteiger partial charge in [0.2, 0.25) is 0 Å². The molecule has 104 valence electrons. The van der Waals surface area contributed by atoms with Gasteiger partial charge in [-0.05, 0) is 25.7 Å². The zero-order chi connectivity index (χ0) is 13.9. The van der Waals surface area contributed by atoms with Crippen LogP contribution in [0.5, 0.6) is 0 Å². The molecule has 1 heterocycles. The minimum atomic E-state index is -0.290. The smallest absolute Gasteiger partial charge is 0.0669 e. The summed E-state index contributed by atoms with van der Waals surface area (Å²) in [7, 11) is 1.96. The van der Waals surface area contributed by atoms with Crippen LogP contribution >= 0.6 is 0 Å². The van der Waals surface area contributed by atoms with Crippen LogP contribution in [0.15, 0.2) is 0 Å². The van der Waals surface area contributed by atoms with Crippen molar-refractivity contribution in [3.63, 3.8) is 0 Å². The van der Waals surface area contributed by atoms with Crippen molar-refractivity contribution in [1.29, 1.82) is 0 Å². The molecular formula is C14H27N3O. The lowest BCUT2D eigenvalue weighted by molar-refractivity contribution is 0.119. The standard InChI is InChI=1S/C14H27N3O/c1-10-13(11(2)17(6)16-10)9-15-8-12(18)7-14(3,4)5/h12,15,18H,7-9H2,1-6H3. The van der Waals surface area contributed by atoms with Crippen LogP contribution in [0.2, 0.25) is 0 Å². The van der Waals surface area contributed by atoms with Gasteiger partial charge in [0.25, 0.3) is 0 Å². The van der Waals surface area contributed by atoms with Gasteiger partial charge in [-0.3, -0.25) is 4.68 Å². The third-order valence-electron chi connectivity index (χ3n) is 3.19. The Morgan fingerprint density at radius 2 is 1.94 bits per heavy atom. The van der Waals surface area contributed by atoms with Crippen LogP contribution in [0, 0.1) is 19.3 Å². The summed E-state index contributed by atoms with van der Waals surface area (Å²) >= 11 is 0. The Kier molecular flexibility index (Phi) is 4.93. The van der Waals surface area contributed by atoms with E-state index in [1.54, 1.807) is 0 Å². The molecule has 0 aliphatic heterocycles. The second-order valence-corrected chi connectivity index (χ2v) is 6.32. The van der Waals surface area contributed by atoms with Crippen molar-refractivity contribution in [2.45, 2.75) is 53.7 Å². The van der Waals surface area contributed by atoms with Crippen LogP contribution in [0.3, 0.4) is 0 Å². The van der Waals surface area contributed by atoms with E-state index in [0.717, 1.165) is 18.7 Å². The maximum Gasteiger partial charge on any atom is 0.0669 e. The lowest BCUT2D eigenvalue weighted by Crippen LogP contribution is -2.30. The summed E-state index contributed by atoms with van der Waals surface area (Å²) in [6, 6.07) is 0. The van der Waals surface area contributed by atoms with Crippen LogP contribution < -0.4 is 5.32 Å². The largest absolute Gasteiger partial charge is 0.392 e. The second kappa shape index (κ2) is 5.85. The zero-order valence-electron chi connectivity index (χ0n) is 12.5. The quantitative estimate of drug-likeness (QED) is 0.843. The Hall–Kier alpha value is -0.870. The molecule has 0 radical (unpaired) electrons. The van der Waals surface area contributed by atoms with Gasteiger partial charge in [-0.25, -0.2) is 0 Å². The average molecular weight is 253 g/mol. The number of aliphatic hydroxyl groups is 1. The molecule has 0 bridgehead atoms. The fraction of sp³-hybridized carbons (Fsp3) is 0.786. The lowest BCUT2D eigenvalue weighted by Gasteiger charge is -2.22. The van der Waals surface area contributed by atoms with Gasteiger partial charge < -0.3 is 10.4 Å². The van der Waals surface area contributed by atoms with E-state index in [2.05, 4.69) is 38.1 Å². The molecule has 1 atom stereocenters. The highest BCUT2D eigenvalue weighted by atomic mass is 16.3. The van der Waals surface area contributed by atoms with E-state index in [-0.39, 0.29) is 11.5 Å². The molecule has 4 heteroatoms. The molecule has 0 saturated heterocycles. The van der Waals surface area contributed by atoms with E-state index in [9.17, 15) is 5.11 Å². The van der Waals surface area contributed by atoms with E-state index >= 15 is 0 Å². The number of nitrogens with one attached hydrogen (secondary N) is 1. The van der Waals surface area contributed by atoms with E-state index < -0.39 is 0 Å². The van der Waals surface area contributed by atoms with Crippen molar-refractivity contribution in [1.82, 2.24) is 15.1 Å². The molecule has 1 aromatic heterocycles. The minimum absolute atomic E-state index is 0.168. The first-order valence-corrected chi connectivity index (χ1v) is 6.58. The van der Waals surface area contributed by atoms with Gasteiger partial charge in [-0.1, -0.05) is 20.8 Å². The summed E-state index contributed by atoms with van der Waals surface area (Å²) in [5.41, 5.74) is 3.65. The van der Waals surface area contributed by atoms with Crippen LogP contribution in [-0.4, -0.2) is 27.5 Å². The van der Waals surface area contributed by atoms with Crippen LogP contribution in [0.25, 0.3) is 0 Å². The van der Waals surface area contributed by atoms with Gasteiger partial charge in [0.05, 0.1) is 11.8 Å². The third kappa shape index (κ3) is 4.42. The van der Waals surface area contributed by atoms with Crippen molar-refractivity contribution in [3.05, 3.63) is 17.0 Å². The highest BCUT2D eigenvalue weighted by Gasteiger charge is 2.16. The number of rotatable bonds is 5.